The van der Waals surface area contributed by atoms with Gasteiger partial charge >= 0.3 is 0 Å². The molecule has 178 valence electrons. The highest BCUT2D eigenvalue weighted by Gasteiger charge is 2.27. The van der Waals surface area contributed by atoms with Crippen LogP contribution in [-0.4, -0.2) is 51.2 Å². The van der Waals surface area contributed by atoms with Crippen LogP contribution in [0, 0.1) is 6.92 Å². The first-order chi connectivity index (χ1) is 17.0. The topological polar surface area (TPSA) is 71.3 Å². The predicted octanol–water partition coefficient (Wildman–Crippen LogP) is 3.43. The summed E-state index contributed by atoms with van der Waals surface area (Å²) in [6.45, 7) is 6.12. The minimum atomic E-state index is -0.237. The van der Waals surface area contributed by atoms with Crippen molar-refractivity contribution >= 4 is 22.4 Å². The number of carbonyl (C=O) groups is 1. The molecule has 1 aliphatic heterocycles. The van der Waals surface area contributed by atoms with E-state index >= 15 is 0 Å². The summed E-state index contributed by atoms with van der Waals surface area (Å²) in [5, 5.41) is 6.04. The molecule has 2 aromatic carbocycles. The van der Waals surface area contributed by atoms with Crippen LogP contribution in [0.2, 0.25) is 0 Å². The minimum absolute atomic E-state index is 0.0652. The normalized spacial score (nSPS) is 16.0. The largest absolute Gasteiger partial charge is 0.365 e. The van der Waals surface area contributed by atoms with Gasteiger partial charge in [-0.3, -0.25) is 14.6 Å². The monoisotopic (exact) mass is 467 g/mol. The maximum Gasteiger partial charge on any atom is 0.275 e. The zero-order valence-electron chi connectivity index (χ0n) is 20.1. The summed E-state index contributed by atoms with van der Waals surface area (Å²) in [5.74, 6) is -0.0832. The molecule has 0 N–H and O–H groups in total. The van der Waals surface area contributed by atoms with E-state index in [0.29, 0.717) is 24.9 Å². The second-order valence-corrected chi connectivity index (χ2v) is 9.21. The molecule has 1 aliphatic rings. The Morgan fingerprint density at radius 3 is 2.40 bits per heavy atom. The van der Waals surface area contributed by atoms with E-state index in [1.165, 1.54) is 15.9 Å². The number of benzene rings is 2. The zero-order chi connectivity index (χ0) is 24.4. The summed E-state index contributed by atoms with van der Waals surface area (Å²) in [6, 6.07) is 20.0. The van der Waals surface area contributed by atoms with Crippen LogP contribution in [0.4, 0.5) is 5.69 Å². The van der Waals surface area contributed by atoms with Crippen molar-refractivity contribution in [1.29, 1.82) is 0 Å². The number of nitrogens with zero attached hydrogens (tertiary/aromatic N) is 5. The minimum Gasteiger partial charge on any atom is -0.365 e. The molecule has 1 saturated heterocycles. The number of piperazine rings is 1. The van der Waals surface area contributed by atoms with Crippen molar-refractivity contribution in [2.75, 3.05) is 24.5 Å². The third-order valence-corrected chi connectivity index (χ3v) is 6.70. The van der Waals surface area contributed by atoms with Gasteiger partial charge in [-0.25, -0.2) is 4.68 Å². The molecule has 1 fully saturated rings. The average molecular weight is 468 g/mol. The van der Waals surface area contributed by atoms with E-state index in [0.717, 1.165) is 23.2 Å². The fourth-order valence-electron chi connectivity index (χ4n) is 4.77. The first-order valence-electron chi connectivity index (χ1n) is 12.0. The van der Waals surface area contributed by atoms with E-state index in [1.807, 2.05) is 35.2 Å². The summed E-state index contributed by atoms with van der Waals surface area (Å²) in [6.07, 6.45) is 4.05. The van der Waals surface area contributed by atoms with Gasteiger partial charge in [-0.15, -0.1) is 0 Å². The Labute approximate surface area is 204 Å². The third kappa shape index (κ3) is 4.80. The van der Waals surface area contributed by atoms with Crippen LogP contribution >= 0.6 is 0 Å². The molecule has 5 rings (SSSR count). The number of hydrogen-bond donors (Lipinski definition) is 0. The molecule has 0 bridgehead atoms. The lowest BCUT2D eigenvalue weighted by molar-refractivity contribution is -0.132. The van der Waals surface area contributed by atoms with Gasteiger partial charge in [0.25, 0.3) is 5.56 Å². The highest BCUT2D eigenvalue weighted by atomic mass is 16.2. The number of carbonyl (C=O) groups excluding carboxylic acids is 1. The van der Waals surface area contributed by atoms with Gasteiger partial charge < -0.3 is 9.80 Å². The molecule has 0 spiro atoms. The first-order valence-corrected chi connectivity index (χ1v) is 12.0. The van der Waals surface area contributed by atoms with E-state index in [2.05, 4.69) is 53.1 Å². The van der Waals surface area contributed by atoms with Crippen LogP contribution in [0.15, 0.2) is 77.9 Å². The van der Waals surface area contributed by atoms with Crippen LogP contribution in [0.25, 0.3) is 10.8 Å². The van der Waals surface area contributed by atoms with Gasteiger partial charge in [0.2, 0.25) is 5.91 Å². The molecule has 1 amide bonds. The van der Waals surface area contributed by atoms with Crippen molar-refractivity contribution in [3.63, 3.8) is 0 Å². The Morgan fingerprint density at radius 2 is 1.69 bits per heavy atom. The van der Waals surface area contributed by atoms with Crippen molar-refractivity contribution in [2.24, 2.45) is 0 Å². The van der Waals surface area contributed by atoms with E-state index in [-0.39, 0.29) is 24.1 Å². The highest BCUT2D eigenvalue weighted by Crippen LogP contribution is 2.21. The summed E-state index contributed by atoms with van der Waals surface area (Å²) in [5.41, 5.74) is 3.99. The molecule has 0 radical (unpaired) electrons. The number of hydrogen-bond acceptors (Lipinski definition) is 5. The predicted molar refractivity (Wildman–Crippen MR) is 138 cm³/mol. The van der Waals surface area contributed by atoms with Crippen molar-refractivity contribution in [2.45, 2.75) is 32.9 Å². The quantitative estimate of drug-likeness (QED) is 0.450. The van der Waals surface area contributed by atoms with Gasteiger partial charge in [-0.1, -0.05) is 35.9 Å². The van der Waals surface area contributed by atoms with E-state index in [1.54, 1.807) is 18.5 Å². The fraction of sp³-hybridized carbons (Fsp3) is 0.286. The number of fused-ring (bicyclic) bond motifs is 1. The molecule has 0 aliphatic carbocycles. The van der Waals surface area contributed by atoms with Crippen molar-refractivity contribution in [1.82, 2.24) is 19.7 Å². The lowest BCUT2D eigenvalue weighted by atomic mass is 10.1. The molecule has 35 heavy (non-hydrogen) atoms. The second kappa shape index (κ2) is 9.70. The lowest BCUT2D eigenvalue weighted by Gasteiger charge is -2.41. The molecular formula is C28H29N5O2. The first kappa shape index (κ1) is 22.8. The summed E-state index contributed by atoms with van der Waals surface area (Å²) < 4.78 is 1.33. The summed E-state index contributed by atoms with van der Waals surface area (Å²) in [4.78, 5) is 34.7. The van der Waals surface area contributed by atoms with E-state index in [4.69, 9.17) is 0 Å². The Kier molecular flexibility index (Phi) is 6.31. The van der Waals surface area contributed by atoms with Gasteiger partial charge in [0.15, 0.2) is 0 Å². The number of aryl methyl sites for hydroxylation is 1. The third-order valence-electron chi connectivity index (χ3n) is 6.70. The lowest BCUT2D eigenvalue weighted by Crippen LogP contribution is -2.54. The fourth-order valence-corrected chi connectivity index (χ4v) is 4.77. The van der Waals surface area contributed by atoms with Crippen LogP contribution in [0.1, 0.15) is 23.7 Å². The molecule has 3 heterocycles. The maximum absolute atomic E-state index is 13.3. The molecule has 1 atom stereocenters. The van der Waals surface area contributed by atoms with Crippen LogP contribution in [0.5, 0.6) is 0 Å². The Bertz CT molecular complexity index is 1400. The van der Waals surface area contributed by atoms with Crippen molar-refractivity contribution < 1.29 is 4.79 Å². The summed E-state index contributed by atoms with van der Waals surface area (Å²) >= 11 is 0. The molecule has 7 nitrogen and oxygen atoms in total. The average Bonchev–Trinajstić information content (AvgIpc) is 2.88. The molecular weight excluding hydrogens is 438 g/mol. The number of anilines is 1. The molecule has 0 saturated carbocycles. The van der Waals surface area contributed by atoms with Crippen molar-refractivity contribution in [3.8, 4) is 0 Å². The van der Waals surface area contributed by atoms with Crippen molar-refractivity contribution in [3.05, 3.63) is 100 Å². The van der Waals surface area contributed by atoms with E-state index in [9.17, 15) is 9.59 Å². The number of amides is 1. The van der Waals surface area contributed by atoms with Gasteiger partial charge in [-0.2, -0.15) is 5.10 Å². The van der Waals surface area contributed by atoms with Crippen LogP contribution in [0.3, 0.4) is 0 Å². The Morgan fingerprint density at radius 1 is 0.971 bits per heavy atom. The zero-order valence-corrected chi connectivity index (χ0v) is 20.1. The van der Waals surface area contributed by atoms with Gasteiger partial charge in [0, 0.05) is 55.6 Å². The number of aromatic nitrogens is 3. The molecule has 2 aromatic heterocycles. The molecule has 1 unspecified atom stereocenters. The molecule has 4 aromatic rings. The molecule has 7 heteroatoms. The second-order valence-electron chi connectivity index (χ2n) is 9.21. The Balaban J connectivity index is 1.36. The van der Waals surface area contributed by atoms with Gasteiger partial charge in [-0.05, 0) is 49.7 Å². The van der Waals surface area contributed by atoms with Crippen LogP contribution in [-0.2, 0) is 17.8 Å². The SMILES string of the molecule is Cc1ccc(N2CCN(C(=O)Cn3nc(Cc4ccncc4)c4ccccc4c3=O)CC2C)cc1. The van der Waals surface area contributed by atoms with E-state index < -0.39 is 0 Å². The smallest absolute Gasteiger partial charge is 0.275 e. The standard InChI is InChI=1S/C28H29N5O2/c1-20-7-9-23(10-8-20)32-16-15-31(18-21(32)2)27(34)19-33-28(35)25-6-4-3-5-24(25)26(30-33)17-22-11-13-29-14-12-22/h3-14,21H,15-19H2,1-2H3. The maximum atomic E-state index is 13.3. The van der Waals surface area contributed by atoms with Gasteiger partial charge in [0.05, 0.1) is 11.1 Å². The number of pyridine rings is 1. The number of rotatable bonds is 5. The highest BCUT2D eigenvalue weighted by molar-refractivity contribution is 5.84. The van der Waals surface area contributed by atoms with Gasteiger partial charge in [0.1, 0.15) is 6.54 Å². The Hall–Kier alpha value is -4.00. The summed E-state index contributed by atoms with van der Waals surface area (Å²) in [7, 11) is 0. The van der Waals surface area contributed by atoms with Crippen LogP contribution < -0.4 is 10.5 Å².